The Morgan fingerprint density at radius 1 is 1.16 bits per heavy atom. The molecule has 1 saturated heterocycles. The lowest BCUT2D eigenvalue weighted by Crippen LogP contribution is -2.49. The van der Waals surface area contributed by atoms with Crippen molar-refractivity contribution < 1.29 is 4.79 Å². The van der Waals surface area contributed by atoms with E-state index in [2.05, 4.69) is 32.1 Å². The van der Waals surface area contributed by atoms with Gasteiger partial charge in [0.05, 0.1) is 0 Å². The van der Waals surface area contributed by atoms with E-state index < -0.39 is 0 Å². The number of piperazine rings is 1. The maximum absolute atomic E-state index is 12.7. The summed E-state index contributed by atoms with van der Waals surface area (Å²) in [6, 6.07) is 7.62. The van der Waals surface area contributed by atoms with Gasteiger partial charge in [-0.1, -0.05) is 19.4 Å². The van der Waals surface area contributed by atoms with Crippen LogP contribution < -0.4 is 10.2 Å². The fourth-order valence-electron chi connectivity index (χ4n) is 2.81. The van der Waals surface area contributed by atoms with Crippen molar-refractivity contribution in [2.24, 2.45) is 0 Å². The second kappa shape index (κ2) is 8.41. The van der Waals surface area contributed by atoms with E-state index in [4.69, 9.17) is 0 Å². The number of pyridine rings is 1. The predicted octanol–water partition coefficient (Wildman–Crippen LogP) is 2.05. The van der Waals surface area contributed by atoms with Crippen molar-refractivity contribution in [3.05, 3.63) is 42.5 Å². The molecule has 0 atom stereocenters. The van der Waals surface area contributed by atoms with Gasteiger partial charge in [0.25, 0.3) is 5.91 Å². The predicted molar refractivity (Wildman–Crippen MR) is 97.8 cm³/mol. The molecule has 0 aromatic carbocycles. The average molecular weight is 340 g/mol. The maximum atomic E-state index is 12.7. The molecule has 1 aliphatic rings. The summed E-state index contributed by atoms with van der Waals surface area (Å²) in [4.78, 5) is 29.4. The van der Waals surface area contributed by atoms with Crippen molar-refractivity contribution in [2.75, 3.05) is 42.9 Å². The zero-order chi connectivity index (χ0) is 17.5. The van der Waals surface area contributed by atoms with E-state index >= 15 is 0 Å². The fraction of sp³-hybridized carbons (Fsp3) is 0.444. The van der Waals surface area contributed by atoms with Crippen molar-refractivity contribution in [1.29, 1.82) is 0 Å². The molecule has 2 aromatic heterocycles. The van der Waals surface area contributed by atoms with Crippen LogP contribution in [-0.2, 0) is 0 Å². The standard InChI is InChI=1S/C18H24N6O/c1-2-3-7-19-16-13-15(21-14-22-16)18(25)24-11-9-23(10-12-24)17-6-4-5-8-20-17/h4-6,8,13-14H,2-3,7,9-12H2,1H3,(H,19,21,22). The quantitative estimate of drug-likeness (QED) is 0.811. The zero-order valence-corrected chi connectivity index (χ0v) is 14.6. The molecule has 7 nitrogen and oxygen atoms in total. The van der Waals surface area contributed by atoms with E-state index in [0.717, 1.165) is 38.3 Å². The summed E-state index contributed by atoms with van der Waals surface area (Å²) in [5.74, 6) is 1.62. The molecule has 0 bridgehead atoms. The van der Waals surface area contributed by atoms with E-state index in [-0.39, 0.29) is 5.91 Å². The largest absolute Gasteiger partial charge is 0.370 e. The SMILES string of the molecule is CCCCNc1cc(C(=O)N2CCN(c3ccccn3)CC2)ncn1. The molecule has 2 aromatic rings. The van der Waals surface area contributed by atoms with Crippen LogP contribution in [0.4, 0.5) is 11.6 Å². The summed E-state index contributed by atoms with van der Waals surface area (Å²) in [6.45, 7) is 5.87. The Kier molecular flexibility index (Phi) is 5.77. The Morgan fingerprint density at radius 2 is 2.00 bits per heavy atom. The Balaban J connectivity index is 1.58. The molecule has 1 fully saturated rings. The van der Waals surface area contributed by atoms with Gasteiger partial charge in [-0.2, -0.15) is 0 Å². The molecule has 1 aliphatic heterocycles. The minimum absolute atomic E-state index is 0.0402. The Bertz CT molecular complexity index is 685. The average Bonchev–Trinajstić information content (AvgIpc) is 2.69. The number of hydrogen-bond donors (Lipinski definition) is 1. The molecular formula is C18H24N6O. The summed E-state index contributed by atoms with van der Waals surface area (Å²) >= 11 is 0. The molecule has 0 saturated carbocycles. The Morgan fingerprint density at radius 3 is 2.72 bits per heavy atom. The first-order chi connectivity index (χ1) is 12.3. The van der Waals surface area contributed by atoms with Crippen LogP contribution in [0.1, 0.15) is 30.3 Å². The number of hydrogen-bond acceptors (Lipinski definition) is 6. The van der Waals surface area contributed by atoms with Crippen LogP contribution in [0.3, 0.4) is 0 Å². The lowest BCUT2D eigenvalue weighted by atomic mass is 10.2. The molecule has 3 heterocycles. The number of carbonyl (C=O) groups is 1. The van der Waals surface area contributed by atoms with Crippen LogP contribution in [0.5, 0.6) is 0 Å². The third kappa shape index (κ3) is 4.43. The van der Waals surface area contributed by atoms with Gasteiger partial charge in [-0.25, -0.2) is 15.0 Å². The van der Waals surface area contributed by atoms with Gasteiger partial charge in [-0.05, 0) is 18.6 Å². The van der Waals surface area contributed by atoms with Crippen LogP contribution in [0, 0.1) is 0 Å². The zero-order valence-electron chi connectivity index (χ0n) is 14.6. The Labute approximate surface area is 148 Å². The van der Waals surface area contributed by atoms with Gasteiger partial charge in [0.15, 0.2) is 0 Å². The lowest BCUT2D eigenvalue weighted by Gasteiger charge is -2.35. The summed E-state index contributed by atoms with van der Waals surface area (Å²) in [5, 5.41) is 3.23. The monoisotopic (exact) mass is 340 g/mol. The maximum Gasteiger partial charge on any atom is 0.272 e. The third-order valence-corrected chi connectivity index (χ3v) is 4.26. The smallest absolute Gasteiger partial charge is 0.272 e. The van der Waals surface area contributed by atoms with Crippen molar-refractivity contribution in [3.8, 4) is 0 Å². The highest BCUT2D eigenvalue weighted by molar-refractivity contribution is 5.93. The molecule has 1 N–H and O–H groups in total. The summed E-state index contributed by atoms with van der Waals surface area (Å²) in [5.41, 5.74) is 0.445. The Hall–Kier alpha value is -2.70. The van der Waals surface area contributed by atoms with Crippen LogP contribution in [0.25, 0.3) is 0 Å². The first-order valence-electron chi connectivity index (χ1n) is 8.79. The first kappa shape index (κ1) is 17.1. The van der Waals surface area contributed by atoms with Gasteiger partial charge < -0.3 is 15.1 Å². The second-order valence-corrected chi connectivity index (χ2v) is 6.04. The van der Waals surface area contributed by atoms with Crippen LogP contribution >= 0.6 is 0 Å². The van der Waals surface area contributed by atoms with Gasteiger partial charge in [0.1, 0.15) is 23.7 Å². The topological polar surface area (TPSA) is 74.2 Å². The first-order valence-corrected chi connectivity index (χ1v) is 8.79. The highest BCUT2D eigenvalue weighted by Gasteiger charge is 2.23. The van der Waals surface area contributed by atoms with E-state index in [1.54, 1.807) is 12.3 Å². The van der Waals surface area contributed by atoms with Gasteiger partial charge >= 0.3 is 0 Å². The highest BCUT2D eigenvalue weighted by atomic mass is 16.2. The van der Waals surface area contributed by atoms with Crippen molar-refractivity contribution >= 4 is 17.5 Å². The van der Waals surface area contributed by atoms with Crippen molar-refractivity contribution in [2.45, 2.75) is 19.8 Å². The molecule has 0 radical (unpaired) electrons. The number of nitrogens with one attached hydrogen (secondary N) is 1. The van der Waals surface area contributed by atoms with E-state index in [0.29, 0.717) is 24.6 Å². The van der Waals surface area contributed by atoms with Crippen LogP contribution in [0.2, 0.25) is 0 Å². The summed E-state index contributed by atoms with van der Waals surface area (Å²) < 4.78 is 0. The van der Waals surface area contributed by atoms with Crippen LogP contribution in [-0.4, -0.2) is 58.5 Å². The number of unbranched alkanes of at least 4 members (excludes halogenated alkanes) is 1. The van der Waals surface area contributed by atoms with Gasteiger partial charge in [0.2, 0.25) is 0 Å². The molecule has 7 heteroatoms. The van der Waals surface area contributed by atoms with Crippen LogP contribution in [0.15, 0.2) is 36.8 Å². The second-order valence-electron chi connectivity index (χ2n) is 6.04. The minimum atomic E-state index is -0.0402. The summed E-state index contributed by atoms with van der Waals surface area (Å²) in [7, 11) is 0. The van der Waals surface area contributed by atoms with Crippen molar-refractivity contribution in [3.63, 3.8) is 0 Å². The van der Waals surface area contributed by atoms with Gasteiger partial charge in [-0.15, -0.1) is 0 Å². The number of anilines is 2. The number of nitrogens with zero attached hydrogens (tertiary/aromatic N) is 5. The molecule has 0 spiro atoms. The van der Waals surface area contributed by atoms with Crippen molar-refractivity contribution in [1.82, 2.24) is 19.9 Å². The number of aromatic nitrogens is 3. The van der Waals surface area contributed by atoms with E-state index in [1.165, 1.54) is 6.33 Å². The van der Waals surface area contributed by atoms with Gasteiger partial charge in [-0.3, -0.25) is 4.79 Å². The molecule has 0 aliphatic carbocycles. The number of carbonyl (C=O) groups excluding carboxylic acids is 1. The molecule has 1 amide bonds. The van der Waals surface area contributed by atoms with E-state index in [1.807, 2.05) is 23.1 Å². The normalized spacial score (nSPS) is 14.4. The molecule has 0 unspecified atom stereocenters. The van der Waals surface area contributed by atoms with E-state index in [9.17, 15) is 4.79 Å². The molecule has 25 heavy (non-hydrogen) atoms. The third-order valence-electron chi connectivity index (χ3n) is 4.26. The van der Waals surface area contributed by atoms with Gasteiger partial charge in [0, 0.05) is 45.0 Å². The fourth-order valence-corrected chi connectivity index (χ4v) is 2.81. The molecular weight excluding hydrogens is 316 g/mol. The minimum Gasteiger partial charge on any atom is -0.370 e. The number of amides is 1. The lowest BCUT2D eigenvalue weighted by molar-refractivity contribution is 0.0740. The molecule has 3 rings (SSSR count). The summed E-state index contributed by atoms with van der Waals surface area (Å²) in [6.07, 6.45) is 5.43. The highest BCUT2D eigenvalue weighted by Crippen LogP contribution is 2.14. The number of rotatable bonds is 6. The molecule has 132 valence electrons.